The van der Waals surface area contributed by atoms with Gasteiger partial charge in [0, 0.05) is 31.5 Å². The molecule has 0 radical (unpaired) electrons. The van der Waals surface area contributed by atoms with Gasteiger partial charge in [0.05, 0.1) is 24.9 Å². The number of methoxy groups -OCH3 is 1. The maximum atomic E-state index is 11.4. The Kier molecular flexibility index (Phi) is 5.96. The number of esters is 1. The molecule has 5 nitrogen and oxygen atoms in total. The number of ether oxygens (including phenoxy) is 1. The predicted octanol–water partition coefficient (Wildman–Crippen LogP) is 2.40. The first-order valence-electron chi connectivity index (χ1n) is 7.35. The van der Waals surface area contributed by atoms with Crippen LogP contribution in [0.3, 0.4) is 0 Å². The van der Waals surface area contributed by atoms with Crippen LogP contribution in [0, 0.1) is 0 Å². The quantitative estimate of drug-likeness (QED) is 0.874. The fraction of sp³-hybridized carbons (Fsp3) is 0.294. The van der Waals surface area contributed by atoms with E-state index in [4.69, 9.17) is 4.74 Å². The molecule has 2 aromatic rings. The van der Waals surface area contributed by atoms with Gasteiger partial charge in [-0.3, -0.25) is 4.98 Å². The minimum Gasteiger partial charge on any atom is -0.465 e. The van der Waals surface area contributed by atoms with Crippen molar-refractivity contribution in [1.29, 1.82) is 0 Å². The third-order valence-electron chi connectivity index (χ3n) is 3.80. The molecule has 0 spiro atoms. The van der Waals surface area contributed by atoms with E-state index in [2.05, 4.69) is 39.5 Å². The van der Waals surface area contributed by atoms with Crippen molar-refractivity contribution in [3.63, 3.8) is 0 Å². The third-order valence-corrected chi connectivity index (χ3v) is 3.80. The first kappa shape index (κ1) is 17.2. The Balaban J connectivity index is 0.00000192. The third kappa shape index (κ3) is 4.00. The minimum absolute atomic E-state index is 0. The highest BCUT2D eigenvalue weighted by Crippen LogP contribution is 2.23. The van der Waals surface area contributed by atoms with Gasteiger partial charge in [-0.25, -0.2) is 4.79 Å². The zero-order chi connectivity index (χ0) is 15.4. The summed E-state index contributed by atoms with van der Waals surface area (Å²) in [5, 5.41) is 3.43. The molecular weight excluding hydrogens is 314 g/mol. The average Bonchev–Trinajstić information content (AvgIpc) is 2.77. The Morgan fingerprint density at radius 1 is 1.30 bits per heavy atom. The Hall–Kier alpha value is -2.11. The maximum absolute atomic E-state index is 11.4. The van der Waals surface area contributed by atoms with E-state index in [9.17, 15) is 4.79 Å². The van der Waals surface area contributed by atoms with Gasteiger partial charge in [0.1, 0.15) is 0 Å². The molecule has 1 aromatic carbocycles. The summed E-state index contributed by atoms with van der Waals surface area (Å²) in [6.45, 7) is 3.48. The van der Waals surface area contributed by atoms with Crippen LogP contribution in [0.4, 0.5) is 5.69 Å². The van der Waals surface area contributed by atoms with Crippen molar-refractivity contribution < 1.29 is 9.53 Å². The smallest absolute Gasteiger partial charge is 0.339 e. The zero-order valence-corrected chi connectivity index (χ0v) is 13.8. The second kappa shape index (κ2) is 7.94. The predicted molar refractivity (Wildman–Crippen MR) is 92.0 cm³/mol. The summed E-state index contributed by atoms with van der Waals surface area (Å²) in [7, 11) is 1.37. The average molecular weight is 334 g/mol. The van der Waals surface area contributed by atoms with Crippen molar-refractivity contribution in [2.75, 3.05) is 25.1 Å². The van der Waals surface area contributed by atoms with Gasteiger partial charge in [-0.05, 0) is 23.8 Å². The minimum atomic E-state index is -0.358. The van der Waals surface area contributed by atoms with Gasteiger partial charge in [0.25, 0.3) is 0 Å². The molecule has 1 aliphatic heterocycles. The van der Waals surface area contributed by atoms with Gasteiger partial charge in [0.2, 0.25) is 0 Å². The van der Waals surface area contributed by atoms with E-state index < -0.39 is 0 Å². The van der Waals surface area contributed by atoms with Crippen molar-refractivity contribution >= 4 is 24.1 Å². The Bertz CT molecular complexity index is 661. The van der Waals surface area contributed by atoms with Crippen molar-refractivity contribution in [2.45, 2.75) is 13.1 Å². The van der Waals surface area contributed by atoms with Crippen LogP contribution in [0.15, 0.2) is 42.6 Å². The second-order valence-electron chi connectivity index (χ2n) is 5.26. The lowest BCUT2D eigenvalue weighted by molar-refractivity contribution is 0.0600. The summed E-state index contributed by atoms with van der Waals surface area (Å²) in [6.07, 6.45) is 1.57. The molecule has 3 rings (SSSR count). The molecule has 0 saturated carbocycles. The molecule has 0 amide bonds. The van der Waals surface area contributed by atoms with E-state index in [0.717, 1.165) is 31.9 Å². The summed E-state index contributed by atoms with van der Waals surface area (Å²) < 4.78 is 4.69. The van der Waals surface area contributed by atoms with E-state index in [1.807, 2.05) is 6.07 Å². The number of carbonyl (C=O) groups excluding carboxylic acids is 1. The molecule has 0 saturated heterocycles. The standard InChI is InChI=1S/C17H19N3O2.ClH/c1-22-17(21)14-6-7-15(19-11-14)12-20-9-8-18-10-13-4-2-3-5-16(13)20;/h2-7,11,18H,8-10,12H2,1H3;1H. The number of para-hydroxylation sites is 1. The van der Waals surface area contributed by atoms with E-state index in [1.54, 1.807) is 12.3 Å². The summed E-state index contributed by atoms with van der Waals surface area (Å²) >= 11 is 0. The lowest BCUT2D eigenvalue weighted by atomic mass is 10.1. The summed E-state index contributed by atoms with van der Waals surface area (Å²) in [6, 6.07) is 12.1. The number of anilines is 1. The summed E-state index contributed by atoms with van der Waals surface area (Å²) in [4.78, 5) is 18.1. The van der Waals surface area contributed by atoms with E-state index in [0.29, 0.717) is 5.56 Å². The number of halogens is 1. The molecule has 1 aliphatic rings. The molecule has 1 aromatic heterocycles. The molecule has 2 heterocycles. The number of pyridine rings is 1. The van der Waals surface area contributed by atoms with Crippen LogP contribution in [0.5, 0.6) is 0 Å². The highest BCUT2D eigenvalue weighted by Gasteiger charge is 2.15. The highest BCUT2D eigenvalue weighted by atomic mass is 35.5. The molecule has 1 N–H and O–H groups in total. The lowest BCUT2D eigenvalue weighted by Crippen LogP contribution is -2.28. The van der Waals surface area contributed by atoms with Gasteiger partial charge in [-0.15, -0.1) is 12.4 Å². The van der Waals surface area contributed by atoms with Crippen molar-refractivity contribution in [3.8, 4) is 0 Å². The Morgan fingerprint density at radius 2 is 2.13 bits per heavy atom. The molecule has 0 aliphatic carbocycles. The maximum Gasteiger partial charge on any atom is 0.339 e. The number of benzene rings is 1. The van der Waals surface area contributed by atoms with Gasteiger partial charge in [0.15, 0.2) is 0 Å². The number of fused-ring (bicyclic) bond motifs is 1. The van der Waals surface area contributed by atoms with Crippen LogP contribution in [0.1, 0.15) is 21.6 Å². The largest absolute Gasteiger partial charge is 0.465 e. The second-order valence-corrected chi connectivity index (χ2v) is 5.26. The first-order chi connectivity index (χ1) is 10.8. The summed E-state index contributed by atoms with van der Waals surface area (Å²) in [5.74, 6) is -0.358. The number of nitrogens with zero attached hydrogens (tertiary/aromatic N) is 2. The summed E-state index contributed by atoms with van der Waals surface area (Å²) in [5.41, 5.74) is 3.95. The van der Waals surface area contributed by atoms with Crippen molar-refractivity contribution in [3.05, 3.63) is 59.4 Å². The van der Waals surface area contributed by atoms with Gasteiger partial charge in [-0.2, -0.15) is 0 Å². The van der Waals surface area contributed by atoms with Crippen molar-refractivity contribution in [2.24, 2.45) is 0 Å². The number of carbonyl (C=O) groups is 1. The van der Waals surface area contributed by atoms with E-state index in [-0.39, 0.29) is 18.4 Å². The molecule has 23 heavy (non-hydrogen) atoms. The SMILES string of the molecule is COC(=O)c1ccc(CN2CCNCc3ccccc32)nc1.Cl. The molecule has 0 unspecified atom stereocenters. The normalized spacial score (nSPS) is 13.5. The van der Waals surface area contributed by atoms with Crippen LogP contribution in [0.25, 0.3) is 0 Å². The molecule has 0 atom stereocenters. The topological polar surface area (TPSA) is 54.5 Å². The number of aromatic nitrogens is 1. The lowest BCUT2D eigenvalue weighted by Gasteiger charge is -2.24. The monoisotopic (exact) mass is 333 g/mol. The Morgan fingerprint density at radius 3 is 2.87 bits per heavy atom. The number of nitrogens with one attached hydrogen (secondary N) is 1. The molecule has 0 bridgehead atoms. The fourth-order valence-corrected chi connectivity index (χ4v) is 2.64. The number of hydrogen-bond donors (Lipinski definition) is 1. The molecule has 0 fully saturated rings. The van der Waals surface area contributed by atoms with Gasteiger partial charge >= 0.3 is 5.97 Å². The fourth-order valence-electron chi connectivity index (χ4n) is 2.64. The van der Waals surface area contributed by atoms with E-state index >= 15 is 0 Å². The van der Waals surface area contributed by atoms with Crippen LogP contribution in [-0.2, 0) is 17.8 Å². The van der Waals surface area contributed by atoms with Crippen LogP contribution in [-0.4, -0.2) is 31.2 Å². The van der Waals surface area contributed by atoms with E-state index in [1.165, 1.54) is 18.4 Å². The molecule has 122 valence electrons. The highest BCUT2D eigenvalue weighted by molar-refractivity contribution is 5.88. The number of hydrogen-bond acceptors (Lipinski definition) is 5. The van der Waals surface area contributed by atoms with Gasteiger partial charge in [-0.1, -0.05) is 18.2 Å². The van der Waals surface area contributed by atoms with Crippen LogP contribution < -0.4 is 10.2 Å². The van der Waals surface area contributed by atoms with Crippen LogP contribution >= 0.6 is 12.4 Å². The molecular formula is C17H20ClN3O2. The van der Waals surface area contributed by atoms with Gasteiger partial charge < -0.3 is 15.0 Å². The Labute approximate surface area is 142 Å². The van der Waals surface area contributed by atoms with Crippen molar-refractivity contribution in [1.82, 2.24) is 10.3 Å². The number of rotatable bonds is 3. The molecule has 6 heteroatoms. The first-order valence-corrected chi connectivity index (χ1v) is 7.35. The van der Waals surface area contributed by atoms with Crippen LogP contribution in [0.2, 0.25) is 0 Å². The zero-order valence-electron chi connectivity index (χ0n) is 13.0.